The Balaban J connectivity index is 2.35. The first-order valence-corrected chi connectivity index (χ1v) is 7.80. The predicted molar refractivity (Wildman–Crippen MR) is 80.0 cm³/mol. The molecule has 1 aromatic heterocycles. The van der Waals surface area contributed by atoms with E-state index in [0.29, 0.717) is 10.3 Å². The van der Waals surface area contributed by atoms with Crippen molar-refractivity contribution in [3.8, 4) is 5.75 Å². The second kappa shape index (κ2) is 5.29. The molecular formula is C12H12BrN3O3S. The molecule has 0 aliphatic heterocycles. The lowest BCUT2D eigenvalue weighted by molar-refractivity contribution is 0.477. The number of nitrogens with one attached hydrogen (secondary N) is 1. The molecule has 0 aliphatic rings. The first-order valence-electron chi connectivity index (χ1n) is 5.53. The standard InChI is InChI=1S/C12H12BrN3O3S/c1-7-4-8(6-15-12(7)13)16-20(18,19)9-2-3-11(17)10(14)5-9/h2-6,16-17H,14H2,1H3. The Hall–Kier alpha value is -1.80. The van der Waals surface area contributed by atoms with Gasteiger partial charge in [-0.2, -0.15) is 0 Å². The van der Waals surface area contributed by atoms with Crippen molar-refractivity contribution in [2.24, 2.45) is 0 Å². The van der Waals surface area contributed by atoms with Crippen molar-refractivity contribution < 1.29 is 13.5 Å². The number of sulfonamides is 1. The zero-order valence-electron chi connectivity index (χ0n) is 10.5. The van der Waals surface area contributed by atoms with Gasteiger partial charge < -0.3 is 10.8 Å². The third-order valence-electron chi connectivity index (χ3n) is 2.58. The molecule has 4 N–H and O–H groups in total. The summed E-state index contributed by atoms with van der Waals surface area (Å²) in [5.74, 6) is -0.162. The lowest BCUT2D eigenvalue weighted by Crippen LogP contribution is -2.13. The smallest absolute Gasteiger partial charge is 0.262 e. The molecule has 0 saturated heterocycles. The molecule has 0 unspecified atom stereocenters. The molecule has 0 saturated carbocycles. The summed E-state index contributed by atoms with van der Waals surface area (Å²) >= 11 is 3.24. The molecule has 20 heavy (non-hydrogen) atoms. The predicted octanol–water partition coefficient (Wildman–Crippen LogP) is 2.24. The van der Waals surface area contributed by atoms with E-state index < -0.39 is 10.0 Å². The molecule has 0 bridgehead atoms. The van der Waals surface area contributed by atoms with Gasteiger partial charge in [-0.1, -0.05) is 0 Å². The molecule has 8 heteroatoms. The Morgan fingerprint density at radius 2 is 2.05 bits per heavy atom. The average molecular weight is 358 g/mol. The fourth-order valence-electron chi connectivity index (χ4n) is 1.53. The third-order valence-corrected chi connectivity index (χ3v) is 4.79. The van der Waals surface area contributed by atoms with Crippen molar-refractivity contribution in [3.05, 3.63) is 40.6 Å². The number of nitrogens with two attached hydrogens (primary N) is 1. The highest BCUT2D eigenvalue weighted by atomic mass is 79.9. The highest BCUT2D eigenvalue weighted by Crippen LogP contribution is 2.25. The lowest BCUT2D eigenvalue weighted by Gasteiger charge is -2.10. The molecule has 106 valence electrons. The summed E-state index contributed by atoms with van der Waals surface area (Å²) in [6, 6.07) is 5.34. The van der Waals surface area contributed by atoms with E-state index in [4.69, 9.17) is 5.73 Å². The summed E-state index contributed by atoms with van der Waals surface area (Å²) in [5.41, 5.74) is 6.64. The number of phenolic OH excluding ortho intramolecular Hbond substituents is 1. The van der Waals surface area contributed by atoms with Gasteiger partial charge in [-0.15, -0.1) is 0 Å². The zero-order chi connectivity index (χ0) is 14.9. The number of aryl methyl sites for hydroxylation is 1. The van der Waals surface area contributed by atoms with Crippen LogP contribution in [0.15, 0.2) is 40.0 Å². The number of aromatic nitrogens is 1. The van der Waals surface area contributed by atoms with Crippen LogP contribution in [0, 0.1) is 6.92 Å². The van der Waals surface area contributed by atoms with Gasteiger partial charge in [-0.25, -0.2) is 13.4 Å². The second-order valence-electron chi connectivity index (χ2n) is 4.16. The minimum absolute atomic E-state index is 0.00186. The number of benzene rings is 1. The maximum Gasteiger partial charge on any atom is 0.262 e. The summed E-state index contributed by atoms with van der Waals surface area (Å²) in [4.78, 5) is 3.98. The summed E-state index contributed by atoms with van der Waals surface area (Å²) in [7, 11) is -3.78. The van der Waals surface area contributed by atoms with Crippen molar-refractivity contribution in [1.29, 1.82) is 0 Å². The van der Waals surface area contributed by atoms with Gasteiger partial charge in [0.2, 0.25) is 0 Å². The maximum absolute atomic E-state index is 12.2. The Morgan fingerprint density at radius 1 is 1.35 bits per heavy atom. The second-order valence-corrected chi connectivity index (χ2v) is 6.59. The van der Waals surface area contributed by atoms with E-state index >= 15 is 0 Å². The van der Waals surface area contributed by atoms with Crippen LogP contribution >= 0.6 is 15.9 Å². The first-order chi connectivity index (χ1) is 9.29. The van der Waals surface area contributed by atoms with E-state index in [-0.39, 0.29) is 16.3 Å². The molecule has 2 aromatic rings. The molecule has 0 amide bonds. The molecule has 0 spiro atoms. The Kier molecular flexibility index (Phi) is 3.87. The van der Waals surface area contributed by atoms with Gasteiger partial charge in [-0.05, 0) is 52.7 Å². The van der Waals surface area contributed by atoms with E-state index in [2.05, 4.69) is 25.6 Å². The topological polar surface area (TPSA) is 105 Å². The van der Waals surface area contributed by atoms with Crippen LogP contribution in [0.2, 0.25) is 0 Å². The molecule has 6 nitrogen and oxygen atoms in total. The molecule has 0 atom stereocenters. The van der Waals surface area contributed by atoms with E-state index in [1.807, 2.05) is 0 Å². The average Bonchev–Trinajstić information content (AvgIpc) is 2.37. The van der Waals surface area contributed by atoms with Crippen molar-refractivity contribution >= 4 is 37.3 Å². The quantitative estimate of drug-likeness (QED) is 0.443. The summed E-state index contributed by atoms with van der Waals surface area (Å²) in [6.07, 6.45) is 1.40. The van der Waals surface area contributed by atoms with Crippen molar-refractivity contribution in [2.45, 2.75) is 11.8 Å². The number of hydrogen-bond donors (Lipinski definition) is 3. The Bertz CT molecular complexity index is 763. The van der Waals surface area contributed by atoms with Gasteiger partial charge in [-0.3, -0.25) is 4.72 Å². The van der Waals surface area contributed by atoms with E-state index in [1.54, 1.807) is 13.0 Å². The van der Waals surface area contributed by atoms with E-state index in [1.165, 1.54) is 24.4 Å². The highest BCUT2D eigenvalue weighted by molar-refractivity contribution is 9.10. The van der Waals surface area contributed by atoms with Crippen LogP contribution in [-0.4, -0.2) is 18.5 Å². The first kappa shape index (κ1) is 14.6. The van der Waals surface area contributed by atoms with Gasteiger partial charge in [0.1, 0.15) is 10.4 Å². The Labute approximate surface area is 124 Å². The van der Waals surface area contributed by atoms with Crippen LogP contribution in [0.4, 0.5) is 11.4 Å². The van der Waals surface area contributed by atoms with Crippen LogP contribution < -0.4 is 10.5 Å². The van der Waals surface area contributed by atoms with Crippen LogP contribution in [0.3, 0.4) is 0 Å². The number of pyridine rings is 1. The van der Waals surface area contributed by atoms with Crippen LogP contribution in [0.25, 0.3) is 0 Å². The minimum Gasteiger partial charge on any atom is -0.506 e. The molecule has 1 aromatic carbocycles. The van der Waals surface area contributed by atoms with Crippen molar-refractivity contribution in [2.75, 3.05) is 10.5 Å². The summed E-state index contributed by atoms with van der Waals surface area (Å²) < 4.78 is 27.4. The number of anilines is 2. The summed E-state index contributed by atoms with van der Waals surface area (Å²) in [5, 5.41) is 9.31. The van der Waals surface area contributed by atoms with Gasteiger partial charge in [0.15, 0.2) is 0 Å². The van der Waals surface area contributed by atoms with Gasteiger partial charge in [0.05, 0.1) is 22.5 Å². The van der Waals surface area contributed by atoms with E-state index in [0.717, 1.165) is 5.56 Å². The molecular weight excluding hydrogens is 346 g/mol. The SMILES string of the molecule is Cc1cc(NS(=O)(=O)c2ccc(O)c(N)c2)cnc1Br. The molecule has 0 aliphatic carbocycles. The van der Waals surface area contributed by atoms with Gasteiger partial charge in [0.25, 0.3) is 10.0 Å². The number of hydrogen-bond acceptors (Lipinski definition) is 5. The fraction of sp³-hybridized carbons (Fsp3) is 0.0833. The molecule has 0 fully saturated rings. The number of halogens is 1. The van der Waals surface area contributed by atoms with Crippen LogP contribution in [0.1, 0.15) is 5.56 Å². The summed E-state index contributed by atoms with van der Waals surface area (Å²) in [6.45, 7) is 1.80. The molecule has 0 radical (unpaired) electrons. The zero-order valence-corrected chi connectivity index (χ0v) is 12.9. The number of rotatable bonds is 3. The lowest BCUT2D eigenvalue weighted by atomic mass is 10.3. The third kappa shape index (κ3) is 3.02. The monoisotopic (exact) mass is 357 g/mol. The van der Waals surface area contributed by atoms with Gasteiger partial charge in [0, 0.05) is 0 Å². The normalized spacial score (nSPS) is 11.3. The highest BCUT2D eigenvalue weighted by Gasteiger charge is 2.16. The number of aromatic hydroxyl groups is 1. The van der Waals surface area contributed by atoms with E-state index in [9.17, 15) is 13.5 Å². The minimum atomic E-state index is -3.78. The number of phenols is 1. The number of nitrogens with zero attached hydrogens (tertiary/aromatic N) is 1. The van der Waals surface area contributed by atoms with Crippen molar-refractivity contribution in [1.82, 2.24) is 4.98 Å². The maximum atomic E-state index is 12.2. The van der Waals surface area contributed by atoms with Crippen LogP contribution in [0.5, 0.6) is 5.75 Å². The molecule has 2 rings (SSSR count). The molecule has 1 heterocycles. The van der Waals surface area contributed by atoms with Crippen molar-refractivity contribution in [3.63, 3.8) is 0 Å². The number of nitrogen functional groups attached to an aromatic ring is 1. The van der Waals surface area contributed by atoms with Crippen LogP contribution in [-0.2, 0) is 10.0 Å². The fourth-order valence-corrected chi connectivity index (χ4v) is 2.81. The van der Waals surface area contributed by atoms with Gasteiger partial charge >= 0.3 is 0 Å². The Morgan fingerprint density at radius 3 is 2.65 bits per heavy atom. The largest absolute Gasteiger partial charge is 0.506 e.